The van der Waals surface area contributed by atoms with E-state index in [1.807, 2.05) is 54.6 Å². The SMILES string of the molecule is O=C(CSc1nnc(-c2ccncc2)n1C[C@@H]1CCCO1)Nc1cccc2ccccc12. The molecule has 3 heterocycles. The molecule has 0 bridgehead atoms. The van der Waals surface area contributed by atoms with Crippen LogP contribution in [0.1, 0.15) is 12.8 Å². The number of amides is 1. The summed E-state index contributed by atoms with van der Waals surface area (Å²) in [5.41, 5.74) is 1.75. The average Bonchev–Trinajstić information content (AvgIpc) is 3.49. The van der Waals surface area contributed by atoms with Crippen LogP contribution in [0.4, 0.5) is 5.69 Å². The van der Waals surface area contributed by atoms with E-state index in [-0.39, 0.29) is 17.8 Å². The number of pyridine rings is 1. The fraction of sp³-hybridized carbons (Fsp3) is 0.250. The fourth-order valence-corrected chi connectivity index (χ4v) is 4.67. The van der Waals surface area contributed by atoms with Crippen LogP contribution in [-0.4, -0.2) is 44.1 Å². The first kappa shape index (κ1) is 20.7. The summed E-state index contributed by atoms with van der Waals surface area (Å²) in [6, 6.07) is 17.7. The van der Waals surface area contributed by atoms with Gasteiger partial charge in [0, 0.05) is 35.6 Å². The number of nitrogens with one attached hydrogen (secondary N) is 1. The number of thioether (sulfide) groups is 1. The van der Waals surface area contributed by atoms with Gasteiger partial charge in [0.2, 0.25) is 5.91 Å². The molecule has 1 saturated heterocycles. The smallest absolute Gasteiger partial charge is 0.234 e. The number of hydrogen-bond acceptors (Lipinski definition) is 6. The van der Waals surface area contributed by atoms with E-state index in [0.717, 1.165) is 47.3 Å². The Bertz CT molecular complexity index is 1220. The number of hydrogen-bond donors (Lipinski definition) is 1. The van der Waals surface area contributed by atoms with Crippen LogP contribution in [0.2, 0.25) is 0 Å². The molecule has 1 aliphatic heterocycles. The topological polar surface area (TPSA) is 81.9 Å². The molecule has 2 aromatic carbocycles. The molecule has 0 radical (unpaired) electrons. The van der Waals surface area contributed by atoms with Crippen molar-refractivity contribution in [1.82, 2.24) is 19.7 Å². The fourth-order valence-electron chi connectivity index (χ4n) is 3.92. The minimum atomic E-state index is -0.0801. The Morgan fingerprint density at radius 2 is 1.94 bits per heavy atom. The molecule has 7 nitrogen and oxygen atoms in total. The molecule has 1 N–H and O–H groups in total. The van der Waals surface area contributed by atoms with Gasteiger partial charge in [-0.1, -0.05) is 48.2 Å². The lowest BCUT2D eigenvalue weighted by atomic mass is 10.1. The standard InChI is InChI=1S/C24H23N5O2S/c30-22(26-21-9-3-6-17-5-1-2-8-20(17)21)16-32-24-28-27-23(18-10-12-25-13-11-18)29(24)15-19-7-4-14-31-19/h1-3,5-6,8-13,19H,4,7,14-16H2,(H,26,30)/t19-/m0/s1. The van der Waals surface area contributed by atoms with Gasteiger partial charge in [0.15, 0.2) is 11.0 Å². The highest BCUT2D eigenvalue weighted by molar-refractivity contribution is 7.99. The number of anilines is 1. The Morgan fingerprint density at radius 3 is 2.78 bits per heavy atom. The molecule has 0 spiro atoms. The predicted molar refractivity (Wildman–Crippen MR) is 126 cm³/mol. The van der Waals surface area contributed by atoms with Gasteiger partial charge in [-0.05, 0) is 36.4 Å². The minimum absolute atomic E-state index is 0.0801. The Balaban J connectivity index is 1.33. The Hall–Kier alpha value is -3.23. The van der Waals surface area contributed by atoms with Gasteiger partial charge in [-0.15, -0.1) is 10.2 Å². The van der Waals surface area contributed by atoms with Gasteiger partial charge in [0.25, 0.3) is 0 Å². The zero-order chi connectivity index (χ0) is 21.8. The third-order valence-electron chi connectivity index (χ3n) is 5.46. The van der Waals surface area contributed by atoms with Crippen molar-refractivity contribution in [2.75, 3.05) is 17.7 Å². The lowest BCUT2D eigenvalue weighted by molar-refractivity contribution is -0.113. The maximum absolute atomic E-state index is 12.7. The van der Waals surface area contributed by atoms with Crippen molar-refractivity contribution < 1.29 is 9.53 Å². The van der Waals surface area contributed by atoms with Gasteiger partial charge in [-0.2, -0.15) is 0 Å². The molecule has 0 aliphatic carbocycles. The second kappa shape index (κ2) is 9.50. The van der Waals surface area contributed by atoms with Gasteiger partial charge in [-0.3, -0.25) is 14.3 Å². The van der Waals surface area contributed by atoms with Crippen molar-refractivity contribution in [3.05, 3.63) is 67.0 Å². The molecule has 4 aromatic rings. The van der Waals surface area contributed by atoms with Gasteiger partial charge in [-0.25, -0.2) is 0 Å². The Morgan fingerprint density at radius 1 is 1.09 bits per heavy atom. The summed E-state index contributed by atoms with van der Waals surface area (Å²) in [7, 11) is 0. The van der Waals surface area contributed by atoms with E-state index in [1.165, 1.54) is 11.8 Å². The van der Waals surface area contributed by atoms with E-state index in [9.17, 15) is 4.79 Å². The molecule has 0 unspecified atom stereocenters. The van der Waals surface area contributed by atoms with Crippen LogP contribution in [0.25, 0.3) is 22.2 Å². The van der Waals surface area contributed by atoms with Crippen molar-refractivity contribution in [2.45, 2.75) is 30.6 Å². The lowest BCUT2D eigenvalue weighted by Gasteiger charge is -2.14. The minimum Gasteiger partial charge on any atom is -0.376 e. The highest BCUT2D eigenvalue weighted by Gasteiger charge is 2.22. The number of carbonyl (C=O) groups is 1. The molecule has 8 heteroatoms. The molecular formula is C24H23N5O2S. The van der Waals surface area contributed by atoms with Gasteiger partial charge in [0.1, 0.15) is 0 Å². The van der Waals surface area contributed by atoms with Crippen molar-refractivity contribution in [1.29, 1.82) is 0 Å². The van der Waals surface area contributed by atoms with Crippen LogP contribution in [0.15, 0.2) is 72.1 Å². The number of carbonyl (C=O) groups excluding carboxylic acids is 1. The van der Waals surface area contributed by atoms with Crippen LogP contribution < -0.4 is 5.32 Å². The van der Waals surface area contributed by atoms with Crippen LogP contribution in [0.3, 0.4) is 0 Å². The van der Waals surface area contributed by atoms with Crippen LogP contribution in [0, 0.1) is 0 Å². The highest BCUT2D eigenvalue weighted by atomic mass is 32.2. The quantitative estimate of drug-likeness (QED) is 0.425. The number of aromatic nitrogens is 4. The number of ether oxygens (including phenoxy) is 1. The highest BCUT2D eigenvalue weighted by Crippen LogP contribution is 2.27. The maximum atomic E-state index is 12.7. The van der Waals surface area contributed by atoms with E-state index < -0.39 is 0 Å². The zero-order valence-electron chi connectivity index (χ0n) is 17.5. The third-order valence-corrected chi connectivity index (χ3v) is 6.43. The molecule has 2 aromatic heterocycles. The van der Waals surface area contributed by atoms with E-state index in [4.69, 9.17) is 4.74 Å². The second-order valence-corrected chi connectivity index (χ2v) is 8.59. The molecule has 1 amide bonds. The first-order chi connectivity index (χ1) is 15.8. The predicted octanol–water partition coefficient (Wildman–Crippen LogP) is 4.40. The number of nitrogens with zero attached hydrogens (tertiary/aromatic N) is 4. The van der Waals surface area contributed by atoms with Crippen molar-refractivity contribution >= 4 is 34.1 Å². The van der Waals surface area contributed by atoms with E-state index in [2.05, 4.69) is 25.1 Å². The normalized spacial score (nSPS) is 15.8. The first-order valence-electron chi connectivity index (χ1n) is 10.6. The summed E-state index contributed by atoms with van der Waals surface area (Å²) in [4.78, 5) is 16.8. The van der Waals surface area contributed by atoms with Crippen LogP contribution >= 0.6 is 11.8 Å². The maximum Gasteiger partial charge on any atom is 0.234 e. The first-order valence-corrected chi connectivity index (χ1v) is 11.6. The summed E-state index contributed by atoms with van der Waals surface area (Å²) in [5.74, 6) is 0.923. The second-order valence-electron chi connectivity index (χ2n) is 7.65. The summed E-state index contributed by atoms with van der Waals surface area (Å²) in [6.07, 6.45) is 5.69. The third kappa shape index (κ3) is 4.51. The molecular weight excluding hydrogens is 422 g/mol. The number of fused-ring (bicyclic) bond motifs is 1. The molecule has 32 heavy (non-hydrogen) atoms. The Labute approximate surface area is 190 Å². The lowest BCUT2D eigenvalue weighted by Crippen LogP contribution is -2.18. The van der Waals surface area contributed by atoms with Crippen molar-refractivity contribution in [3.63, 3.8) is 0 Å². The molecule has 1 aliphatic rings. The summed E-state index contributed by atoms with van der Waals surface area (Å²) in [5, 5.41) is 14.7. The number of benzene rings is 2. The van der Waals surface area contributed by atoms with Crippen molar-refractivity contribution in [2.24, 2.45) is 0 Å². The zero-order valence-corrected chi connectivity index (χ0v) is 18.3. The van der Waals surface area contributed by atoms with Gasteiger partial charge >= 0.3 is 0 Å². The molecule has 162 valence electrons. The average molecular weight is 446 g/mol. The monoisotopic (exact) mass is 445 g/mol. The van der Waals surface area contributed by atoms with Gasteiger partial charge < -0.3 is 10.1 Å². The van der Waals surface area contributed by atoms with Crippen LogP contribution in [-0.2, 0) is 16.1 Å². The van der Waals surface area contributed by atoms with Crippen molar-refractivity contribution in [3.8, 4) is 11.4 Å². The Kier molecular flexibility index (Phi) is 6.13. The van der Waals surface area contributed by atoms with Gasteiger partial charge in [0.05, 0.1) is 18.4 Å². The molecule has 1 fully saturated rings. The number of rotatable bonds is 7. The largest absolute Gasteiger partial charge is 0.376 e. The summed E-state index contributed by atoms with van der Waals surface area (Å²) < 4.78 is 7.90. The molecule has 0 saturated carbocycles. The molecule has 5 rings (SSSR count). The molecule has 1 atom stereocenters. The van der Waals surface area contributed by atoms with E-state index in [0.29, 0.717) is 11.7 Å². The van der Waals surface area contributed by atoms with E-state index in [1.54, 1.807) is 12.4 Å². The van der Waals surface area contributed by atoms with E-state index >= 15 is 0 Å². The summed E-state index contributed by atoms with van der Waals surface area (Å²) >= 11 is 1.38. The van der Waals surface area contributed by atoms with Crippen LogP contribution in [0.5, 0.6) is 0 Å². The summed E-state index contributed by atoms with van der Waals surface area (Å²) in [6.45, 7) is 1.45.